The van der Waals surface area contributed by atoms with Crippen molar-refractivity contribution in [2.45, 2.75) is 19.4 Å². The number of benzene rings is 1. The van der Waals surface area contributed by atoms with Crippen LogP contribution in [0, 0.1) is 0 Å². The van der Waals surface area contributed by atoms with Crippen LogP contribution in [-0.2, 0) is 4.79 Å². The molecule has 3 N–H and O–H groups in total. The summed E-state index contributed by atoms with van der Waals surface area (Å²) >= 11 is 0. The van der Waals surface area contributed by atoms with E-state index in [0.717, 1.165) is 5.56 Å². The van der Waals surface area contributed by atoms with Gasteiger partial charge >= 0.3 is 0 Å². The molecule has 0 aliphatic carbocycles. The van der Waals surface area contributed by atoms with Gasteiger partial charge in [-0.25, -0.2) is 0 Å². The highest BCUT2D eigenvalue weighted by Crippen LogP contribution is 2.09. The minimum absolute atomic E-state index is 0.0513. The molecule has 0 saturated carbocycles. The van der Waals surface area contributed by atoms with Crippen LogP contribution < -0.4 is 10.6 Å². The van der Waals surface area contributed by atoms with Gasteiger partial charge in [-0.3, -0.25) is 4.79 Å². The third-order valence-electron chi connectivity index (χ3n) is 2.47. The molecule has 1 aromatic carbocycles. The summed E-state index contributed by atoms with van der Waals surface area (Å²) in [6.07, 6.45) is 0.00481. The van der Waals surface area contributed by atoms with E-state index >= 15 is 0 Å². The topological polar surface area (TPSA) is 61.4 Å². The summed E-state index contributed by atoms with van der Waals surface area (Å²) in [5.41, 5.74) is 0.901. The van der Waals surface area contributed by atoms with E-state index in [9.17, 15) is 9.90 Å². The zero-order chi connectivity index (χ0) is 12.5. The molecule has 0 saturated heterocycles. The summed E-state index contributed by atoms with van der Waals surface area (Å²) in [5.74, 6) is 0.0513. The smallest absolute Gasteiger partial charge is 0.219 e. The van der Waals surface area contributed by atoms with Crippen LogP contribution in [0.4, 0.5) is 0 Å². The van der Waals surface area contributed by atoms with Crippen LogP contribution in [-0.4, -0.2) is 30.6 Å². The first kappa shape index (κ1) is 13.7. The van der Waals surface area contributed by atoms with E-state index in [1.165, 1.54) is 0 Å². The van der Waals surface area contributed by atoms with Crippen LogP contribution in [0.3, 0.4) is 0 Å². The maximum Gasteiger partial charge on any atom is 0.219 e. The van der Waals surface area contributed by atoms with Gasteiger partial charge in [0.1, 0.15) is 0 Å². The van der Waals surface area contributed by atoms with Gasteiger partial charge in [0.05, 0.1) is 6.10 Å². The van der Waals surface area contributed by atoms with Crippen molar-refractivity contribution < 1.29 is 9.90 Å². The fourth-order valence-corrected chi connectivity index (χ4v) is 1.45. The number of nitrogens with one attached hydrogen (secondary N) is 2. The van der Waals surface area contributed by atoms with E-state index in [2.05, 4.69) is 10.6 Å². The highest BCUT2D eigenvalue weighted by atomic mass is 16.3. The van der Waals surface area contributed by atoms with Crippen molar-refractivity contribution in [1.29, 1.82) is 0 Å². The van der Waals surface area contributed by atoms with Crippen molar-refractivity contribution in [3.63, 3.8) is 0 Å². The number of hydrogen-bond acceptors (Lipinski definition) is 3. The van der Waals surface area contributed by atoms with Crippen molar-refractivity contribution in [2.75, 3.05) is 19.6 Å². The predicted octanol–water partition coefficient (Wildman–Crippen LogP) is 0.836. The molecule has 0 fully saturated rings. The van der Waals surface area contributed by atoms with Crippen molar-refractivity contribution in [1.82, 2.24) is 10.6 Å². The van der Waals surface area contributed by atoms with Crippen LogP contribution in [0.25, 0.3) is 0 Å². The Morgan fingerprint density at radius 2 is 2.00 bits per heavy atom. The monoisotopic (exact) mass is 236 g/mol. The maximum atomic E-state index is 10.9. The molecule has 1 amide bonds. The second-order valence-corrected chi connectivity index (χ2v) is 3.83. The van der Waals surface area contributed by atoms with Crippen LogP contribution in [0.2, 0.25) is 0 Å². The molecule has 17 heavy (non-hydrogen) atoms. The molecule has 0 radical (unpaired) electrons. The molecule has 1 atom stereocenters. The molecule has 0 spiro atoms. The van der Waals surface area contributed by atoms with Crippen molar-refractivity contribution in [3.8, 4) is 0 Å². The molecular weight excluding hydrogens is 216 g/mol. The van der Waals surface area contributed by atoms with Gasteiger partial charge in [-0.15, -0.1) is 0 Å². The van der Waals surface area contributed by atoms with E-state index in [1.807, 2.05) is 37.3 Å². The van der Waals surface area contributed by atoms with Crippen LogP contribution in [0.5, 0.6) is 0 Å². The molecule has 0 bridgehead atoms. The van der Waals surface area contributed by atoms with E-state index in [-0.39, 0.29) is 5.91 Å². The second kappa shape index (κ2) is 7.81. The number of hydrogen-bond donors (Lipinski definition) is 3. The van der Waals surface area contributed by atoms with E-state index in [0.29, 0.717) is 26.1 Å². The fraction of sp³-hybridized carbons (Fsp3) is 0.462. The van der Waals surface area contributed by atoms with Gasteiger partial charge < -0.3 is 15.7 Å². The van der Waals surface area contributed by atoms with Gasteiger partial charge in [0.15, 0.2) is 0 Å². The number of aliphatic hydroxyl groups is 1. The Hall–Kier alpha value is -1.39. The van der Waals surface area contributed by atoms with Gasteiger partial charge in [-0.1, -0.05) is 37.3 Å². The van der Waals surface area contributed by atoms with Gasteiger partial charge in [0, 0.05) is 26.1 Å². The van der Waals surface area contributed by atoms with Crippen LogP contribution >= 0.6 is 0 Å². The quantitative estimate of drug-likeness (QED) is 0.615. The lowest BCUT2D eigenvalue weighted by molar-refractivity contribution is -0.120. The Morgan fingerprint density at radius 1 is 1.29 bits per heavy atom. The summed E-state index contributed by atoms with van der Waals surface area (Å²) in [6, 6.07) is 9.51. The van der Waals surface area contributed by atoms with Gasteiger partial charge in [-0.05, 0) is 5.56 Å². The molecular formula is C13H20N2O2. The fourth-order valence-electron chi connectivity index (χ4n) is 1.45. The lowest BCUT2D eigenvalue weighted by Gasteiger charge is -2.12. The molecule has 1 aromatic rings. The van der Waals surface area contributed by atoms with Gasteiger partial charge in [-0.2, -0.15) is 0 Å². The Labute approximate surface area is 102 Å². The average Bonchev–Trinajstić information content (AvgIpc) is 2.38. The average molecular weight is 236 g/mol. The molecule has 1 rings (SSSR count). The Bertz CT molecular complexity index is 327. The van der Waals surface area contributed by atoms with E-state index in [1.54, 1.807) is 0 Å². The number of carbonyl (C=O) groups is 1. The zero-order valence-electron chi connectivity index (χ0n) is 10.1. The van der Waals surface area contributed by atoms with Crippen molar-refractivity contribution in [2.24, 2.45) is 0 Å². The summed E-state index contributed by atoms with van der Waals surface area (Å²) in [4.78, 5) is 10.9. The standard InChI is InChI=1S/C13H20N2O2/c1-2-13(17)15-9-8-14-10-12(16)11-6-4-3-5-7-11/h3-7,12,14,16H,2,8-10H2,1H3,(H,15,17)/t12-/m1/s1. The summed E-state index contributed by atoms with van der Waals surface area (Å²) in [5, 5.41) is 15.7. The predicted molar refractivity (Wildman–Crippen MR) is 67.6 cm³/mol. The summed E-state index contributed by atoms with van der Waals surface area (Å²) in [6.45, 7) is 3.57. The Morgan fingerprint density at radius 3 is 2.65 bits per heavy atom. The molecule has 0 heterocycles. The van der Waals surface area contributed by atoms with Crippen molar-refractivity contribution in [3.05, 3.63) is 35.9 Å². The zero-order valence-corrected chi connectivity index (χ0v) is 10.1. The molecule has 4 nitrogen and oxygen atoms in total. The number of amides is 1. The first-order chi connectivity index (χ1) is 8.24. The van der Waals surface area contributed by atoms with Crippen molar-refractivity contribution >= 4 is 5.91 Å². The number of aliphatic hydroxyl groups excluding tert-OH is 1. The maximum absolute atomic E-state index is 10.9. The molecule has 0 aromatic heterocycles. The highest BCUT2D eigenvalue weighted by Gasteiger charge is 2.05. The SMILES string of the molecule is CCC(=O)NCCNC[C@@H](O)c1ccccc1. The normalized spacial score (nSPS) is 12.1. The summed E-state index contributed by atoms with van der Waals surface area (Å²) in [7, 11) is 0. The largest absolute Gasteiger partial charge is 0.387 e. The Kier molecular flexibility index (Phi) is 6.29. The third-order valence-corrected chi connectivity index (χ3v) is 2.47. The van der Waals surface area contributed by atoms with Crippen LogP contribution in [0.15, 0.2) is 30.3 Å². The van der Waals surface area contributed by atoms with Crippen LogP contribution in [0.1, 0.15) is 25.0 Å². The molecule has 94 valence electrons. The summed E-state index contributed by atoms with van der Waals surface area (Å²) < 4.78 is 0. The van der Waals surface area contributed by atoms with E-state index < -0.39 is 6.10 Å². The third kappa shape index (κ3) is 5.47. The second-order valence-electron chi connectivity index (χ2n) is 3.83. The molecule has 0 unspecified atom stereocenters. The molecule has 4 heteroatoms. The van der Waals surface area contributed by atoms with Gasteiger partial charge in [0.2, 0.25) is 5.91 Å². The lowest BCUT2D eigenvalue weighted by Crippen LogP contribution is -2.33. The minimum Gasteiger partial charge on any atom is -0.387 e. The van der Waals surface area contributed by atoms with Gasteiger partial charge in [0.25, 0.3) is 0 Å². The minimum atomic E-state index is -0.502. The number of carbonyl (C=O) groups excluding carboxylic acids is 1. The highest BCUT2D eigenvalue weighted by molar-refractivity contribution is 5.75. The first-order valence-corrected chi connectivity index (χ1v) is 5.94. The molecule has 0 aliphatic heterocycles. The Balaban J connectivity index is 2.13. The number of rotatable bonds is 7. The van der Waals surface area contributed by atoms with E-state index in [4.69, 9.17) is 0 Å². The first-order valence-electron chi connectivity index (χ1n) is 5.94. The molecule has 0 aliphatic rings. The lowest BCUT2D eigenvalue weighted by atomic mass is 10.1.